The van der Waals surface area contributed by atoms with E-state index in [0.29, 0.717) is 71.2 Å². The van der Waals surface area contributed by atoms with Gasteiger partial charge in [0.2, 0.25) is 27.7 Å². The number of pyridine rings is 1. The van der Waals surface area contributed by atoms with Crippen LogP contribution in [0.15, 0.2) is 42.6 Å². The van der Waals surface area contributed by atoms with Crippen molar-refractivity contribution in [2.75, 3.05) is 37.7 Å². The standard InChI is InChI=1S/C45H60F2N4O9S/c1-28-10-7-8-11-30-25-45(30,41(55)49-61(56,57)43(5)15-16-43)26-37(52)36-23-31(59-39-33-12-9-13-35(32(33)14-17-48-39)50-18-20-58-21-19-50)27-51(36)40(54)34(29(2)22-28)24-38(53)60-42(3,4)44(6,46)47/h8-9,11-14,17,28-31,34,36H,7,10,15-16,18-27H2,1-6H3,(H,49,55)/b11-8-/t28-,29+,30+,31+,34-,36-,45+/m0/s1. The molecular weight excluding hydrogens is 811 g/mol. The number of aromatic nitrogens is 1. The molecule has 61 heavy (non-hydrogen) atoms. The number of amides is 2. The first kappa shape index (κ1) is 44.9. The molecule has 0 unspecified atom stereocenters. The first-order chi connectivity index (χ1) is 28.6. The maximum Gasteiger partial charge on any atom is 0.307 e. The number of allylic oxidation sites excluding steroid dienone is 2. The molecule has 0 bridgehead atoms. The number of halogens is 2. The van der Waals surface area contributed by atoms with Crippen molar-refractivity contribution < 1.29 is 50.6 Å². The summed E-state index contributed by atoms with van der Waals surface area (Å²) >= 11 is 0. The van der Waals surface area contributed by atoms with Crippen molar-refractivity contribution in [2.45, 2.75) is 128 Å². The third-order valence-electron chi connectivity index (χ3n) is 14.0. The number of rotatable bonds is 10. The van der Waals surface area contributed by atoms with E-state index in [-0.39, 0.29) is 31.7 Å². The zero-order chi connectivity index (χ0) is 44.1. The molecule has 2 aromatic rings. The molecular formula is C45H60F2N4O9S. The van der Waals surface area contributed by atoms with Crippen LogP contribution < -0.4 is 14.4 Å². The number of morpholine rings is 1. The number of carbonyl (C=O) groups is 4. The molecule has 4 fully saturated rings. The largest absolute Gasteiger partial charge is 0.472 e. The van der Waals surface area contributed by atoms with Gasteiger partial charge in [0.25, 0.3) is 5.92 Å². The molecule has 0 spiro atoms. The first-order valence-corrected chi connectivity index (χ1v) is 23.2. The Morgan fingerprint density at radius 1 is 1.05 bits per heavy atom. The van der Waals surface area contributed by atoms with Crippen LogP contribution in [0.4, 0.5) is 14.5 Å². The van der Waals surface area contributed by atoms with Crippen molar-refractivity contribution >= 4 is 50.1 Å². The van der Waals surface area contributed by atoms with E-state index >= 15 is 4.79 Å². The number of carbonyl (C=O) groups excluding carboxylic acids is 4. The van der Waals surface area contributed by atoms with E-state index in [9.17, 15) is 31.6 Å². The van der Waals surface area contributed by atoms with E-state index in [1.54, 1.807) is 13.1 Å². The lowest BCUT2D eigenvalue weighted by Gasteiger charge is -2.34. The number of hydrogen-bond donors (Lipinski definition) is 1. The van der Waals surface area contributed by atoms with Gasteiger partial charge in [-0.25, -0.2) is 22.2 Å². The van der Waals surface area contributed by atoms with Crippen LogP contribution in [0.2, 0.25) is 0 Å². The number of sulfonamides is 1. The summed E-state index contributed by atoms with van der Waals surface area (Å²) < 4.78 is 74.4. The molecule has 7 rings (SSSR count). The van der Waals surface area contributed by atoms with Gasteiger partial charge in [-0.1, -0.05) is 32.1 Å². The molecule has 4 heterocycles. The van der Waals surface area contributed by atoms with Crippen molar-refractivity contribution in [2.24, 2.45) is 29.1 Å². The molecule has 2 aliphatic carbocycles. The van der Waals surface area contributed by atoms with Crippen LogP contribution in [0.1, 0.15) is 99.3 Å². The molecule has 1 aromatic heterocycles. The van der Waals surface area contributed by atoms with E-state index in [0.717, 1.165) is 30.3 Å². The Bertz CT molecular complexity index is 2170. The van der Waals surface area contributed by atoms with Gasteiger partial charge >= 0.3 is 5.97 Å². The maximum atomic E-state index is 15.0. The van der Waals surface area contributed by atoms with Crippen molar-refractivity contribution in [3.05, 3.63) is 42.6 Å². The fourth-order valence-electron chi connectivity index (χ4n) is 9.18. The summed E-state index contributed by atoms with van der Waals surface area (Å²) in [7, 11) is -4.01. The number of ether oxygens (including phenoxy) is 3. The van der Waals surface area contributed by atoms with Crippen molar-refractivity contribution in [3.8, 4) is 5.88 Å². The van der Waals surface area contributed by atoms with Gasteiger partial charge in [-0.15, -0.1) is 0 Å². The highest BCUT2D eigenvalue weighted by molar-refractivity contribution is 7.91. The highest BCUT2D eigenvalue weighted by Crippen LogP contribution is 2.58. The molecule has 13 nitrogen and oxygen atoms in total. The summed E-state index contributed by atoms with van der Waals surface area (Å²) in [4.78, 5) is 65.6. The Morgan fingerprint density at radius 2 is 1.77 bits per heavy atom. The molecule has 0 radical (unpaired) electrons. The highest BCUT2D eigenvalue weighted by Gasteiger charge is 2.63. The number of hydrogen-bond acceptors (Lipinski definition) is 11. The lowest BCUT2D eigenvalue weighted by molar-refractivity contribution is -0.197. The predicted molar refractivity (Wildman–Crippen MR) is 224 cm³/mol. The Kier molecular flexibility index (Phi) is 12.4. The maximum absolute atomic E-state index is 15.0. The number of anilines is 1. The Hall–Kier alpha value is -4.18. The van der Waals surface area contributed by atoms with Crippen LogP contribution in [0, 0.1) is 29.1 Å². The average Bonchev–Trinajstić information content (AvgIpc) is 4.08. The number of nitrogens with zero attached hydrogens (tertiary/aromatic N) is 3. The van der Waals surface area contributed by atoms with Crippen molar-refractivity contribution in [1.29, 1.82) is 0 Å². The fourth-order valence-corrected chi connectivity index (χ4v) is 10.5. The number of alkyl halides is 2. The quantitative estimate of drug-likeness (QED) is 0.209. The number of Topliss-reactive ketones (excluding diaryl/α,β-unsaturated/α-hetero) is 1. The zero-order valence-corrected chi connectivity index (χ0v) is 36.9. The molecule has 2 amide bonds. The Labute approximate surface area is 357 Å². The van der Waals surface area contributed by atoms with Crippen molar-refractivity contribution in [1.82, 2.24) is 14.6 Å². The lowest BCUT2D eigenvalue weighted by Crippen LogP contribution is -2.49. The van der Waals surface area contributed by atoms with Gasteiger partial charge in [0.05, 0.1) is 48.3 Å². The smallest absolute Gasteiger partial charge is 0.307 e. The Balaban J connectivity index is 1.22. The van der Waals surface area contributed by atoms with Crippen LogP contribution in [-0.2, 0) is 38.7 Å². The second-order valence-corrected chi connectivity index (χ2v) is 21.3. The fraction of sp³-hybridized carbons (Fsp3) is 0.667. The molecule has 3 aliphatic heterocycles. The van der Waals surface area contributed by atoms with Gasteiger partial charge < -0.3 is 24.0 Å². The molecule has 7 atom stereocenters. The number of nitrogens with one attached hydrogen (secondary N) is 1. The minimum atomic E-state index is -4.01. The topological polar surface area (TPSA) is 162 Å². The van der Waals surface area contributed by atoms with Crippen LogP contribution in [-0.4, -0.2) is 103 Å². The van der Waals surface area contributed by atoms with Crippen LogP contribution >= 0.6 is 0 Å². The minimum absolute atomic E-state index is 0.0391. The van der Waals surface area contributed by atoms with Crippen molar-refractivity contribution in [3.63, 3.8) is 0 Å². The third-order valence-corrected chi connectivity index (χ3v) is 16.1. The van der Waals surface area contributed by atoms with Crippen LogP contribution in [0.3, 0.4) is 0 Å². The zero-order valence-electron chi connectivity index (χ0n) is 36.1. The third kappa shape index (κ3) is 9.30. The highest BCUT2D eigenvalue weighted by atomic mass is 32.2. The molecule has 1 aromatic carbocycles. The molecule has 334 valence electrons. The first-order valence-electron chi connectivity index (χ1n) is 21.7. The summed E-state index contributed by atoms with van der Waals surface area (Å²) in [6.45, 7) is 11.0. The molecule has 1 N–H and O–H groups in total. The molecule has 5 aliphatic rings. The second kappa shape index (κ2) is 16.8. The Morgan fingerprint density at radius 3 is 2.46 bits per heavy atom. The second-order valence-electron chi connectivity index (χ2n) is 19.1. The summed E-state index contributed by atoms with van der Waals surface area (Å²) in [5.74, 6) is -7.46. The normalized spacial score (nSPS) is 30.4. The number of ketones is 1. The predicted octanol–water partition coefficient (Wildman–Crippen LogP) is 6.38. The van der Waals surface area contributed by atoms with Gasteiger partial charge in [-0.3, -0.25) is 23.9 Å². The van der Waals surface area contributed by atoms with Crippen LogP contribution in [0.25, 0.3) is 10.8 Å². The summed E-state index contributed by atoms with van der Waals surface area (Å²) in [5.41, 5.74) is -2.49. The van der Waals surface area contributed by atoms with E-state index in [1.165, 1.54) is 4.90 Å². The molecule has 2 saturated heterocycles. The number of benzene rings is 1. The number of fused-ring (bicyclic) bond motifs is 3. The van der Waals surface area contributed by atoms with Gasteiger partial charge in [-0.05, 0) is 95.2 Å². The van der Waals surface area contributed by atoms with E-state index in [2.05, 4.69) is 14.6 Å². The van der Waals surface area contributed by atoms with Gasteiger partial charge in [0.1, 0.15) is 6.10 Å². The monoisotopic (exact) mass is 870 g/mol. The number of esters is 1. The average molecular weight is 871 g/mol. The lowest BCUT2D eigenvalue weighted by atomic mass is 9.82. The van der Waals surface area contributed by atoms with E-state index in [1.807, 2.05) is 50.3 Å². The summed E-state index contributed by atoms with van der Waals surface area (Å²) in [6, 6.07) is 6.66. The molecule has 16 heteroatoms. The van der Waals surface area contributed by atoms with Crippen LogP contribution in [0.5, 0.6) is 5.88 Å². The SMILES string of the molecule is C[C@H]1CC/C=C\[C@@H]2C[C@@]2(C(=O)NS(=O)(=O)C2(C)CC2)CC(=O)[C@@H]2C[C@@H](Oc3nccc4c(N5CCOCC5)cccc34)CN2C(=O)[C@@H](CC(=O)OC(C)(C)C(C)(F)F)[C@H](C)C1. The van der Waals surface area contributed by atoms with E-state index in [4.69, 9.17) is 14.2 Å². The van der Waals surface area contributed by atoms with Gasteiger partial charge in [0.15, 0.2) is 11.4 Å². The molecule has 2 saturated carbocycles. The minimum Gasteiger partial charge on any atom is -0.472 e. The van der Waals surface area contributed by atoms with Gasteiger partial charge in [0, 0.05) is 55.5 Å². The summed E-state index contributed by atoms with van der Waals surface area (Å²) in [6.07, 6.45) is 6.98. The van der Waals surface area contributed by atoms with E-state index < -0.39 is 91.6 Å². The summed E-state index contributed by atoms with van der Waals surface area (Å²) in [5, 5.41) is 1.65. The van der Waals surface area contributed by atoms with Gasteiger partial charge in [-0.2, -0.15) is 0 Å².